The van der Waals surface area contributed by atoms with Crippen molar-refractivity contribution in [1.29, 1.82) is 5.26 Å². The summed E-state index contributed by atoms with van der Waals surface area (Å²) in [6, 6.07) is 45.1. The zero-order valence-electron chi connectivity index (χ0n) is 21.0. The van der Waals surface area contributed by atoms with Gasteiger partial charge in [-0.3, -0.25) is 0 Å². The molecule has 1 atom stereocenters. The Kier molecular flexibility index (Phi) is 5.50. The molecule has 7 rings (SSSR count). The second kappa shape index (κ2) is 9.44. The average Bonchev–Trinajstić information content (AvgIpc) is 3.35. The van der Waals surface area contributed by atoms with Gasteiger partial charge in [0.25, 0.3) is 0 Å². The fourth-order valence-corrected chi connectivity index (χ4v) is 5.28. The molecule has 6 aromatic rings. The minimum absolute atomic E-state index is 0.287. The smallest absolute Gasteiger partial charge is 0.161 e. The Morgan fingerprint density at radius 3 is 2.21 bits per heavy atom. The Hall–Kier alpha value is -5.47. The van der Waals surface area contributed by atoms with E-state index in [1.807, 2.05) is 78.9 Å². The molecule has 0 aliphatic carbocycles. The number of para-hydroxylation sites is 2. The van der Waals surface area contributed by atoms with E-state index in [9.17, 15) is 5.26 Å². The zero-order chi connectivity index (χ0) is 26.2. The van der Waals surface area contributed by atoms with E-state index in [1.54, 1.807) is 0 Å². The van der Waals surface area contributed by atoms with Crippen LogP contribution in [0.25, 0.3) is 27.5 Å². The third-order valence-electron chi connectivity index (χ3n) is 7.09. The highest BCUT2D eigenvalue weighted by atomic mass is 15.2. The van der Waals surface area contributed by atoms with Gasteiger partial charge in [0.1, 0.15) is 12.0 Å². The van der Waals surface area contributed by atoms with E-state index in [1.165, 1.54) is 0 Å². The lowest BCUT2D eigenvalue weighted by Crippen LogP contribution is -2.33. The summed E-state index contributed by atoms with van der Waals surface area (Å²) in [5, 5.41) is 15.4. The fourth-order valence-electron chi connectivity index (χ4n) is 5.28. The normalized spacial score (nSPS) is 14.9. The average molecular weight is 502 g/mol. The molecule has 0 radical (unpaired) electrons. The first kappa shape index (κ1) is 22.7. The van der Waals surface area contributed by atoms with Gasteiger partial charge < -0.3 is 9.88 Å². The van der Waals surface area contributed by atoms with Gasteiger partial charge in [0, 0.05) is 21.9 Å². The maximum atomic E-state index is 9.66. The lowest BCUT2D eigenvalue weighted by atomic mass is 10.1. The van der Waals surface area contributed by atoms with E-state index in [-0.39, 0.29) is 6.17 Å². The summed E-state index contributed by atoms with van der Waals surface area (Å²) in [6.07, 6.45) is -0.287. The van der Waals surface area contributed by atoms with Crippen molar-refractivity contribution in [2.75, 3.05) is 0 Å². The van der Waals surface area contributed by atoms with Gasteiger partial charge in [-0.2, -0.15) is 5.26 Å². The topological polar surface area (TPSA) is 65.5 Å². The molecule has 5 nitrogen and oxygen atoms in total. The quantitative estimate of drug-likeness (QED) is 0.279. The summed E-state index contributed by atoms with van der Waals surface area (Å²) in [6.45, 7) is 0. The molecule has 1 aromatic heterocycles. The molecule has 0 saturated heterocycles. The Morgan fingerprint density at radius 1 is 0.692 bits per heavy atom. The molecule has 5 aromatic carbocycles. The van der Waals surface area contributed by atoms with Crippen LogP contribution in [0, 0.1) is 11.3 Å². The maximum absolute atomic E-state index is 9.66. The van der Waals surface area contributed by atoms with Crippen molar-refractivity contribution in [3.05, 3.63) is 150 Å². The minimum atomic E-state index is -0.287. The van der Waals surface area contributed by atoms with Crippen molar-refractivity contribution < 1.29 is 0 Å². The van der Waals surface area contributed by atoms with Crippen LogP contribution in [-0.4, -0.2) is 16.2 Å². The lowest BCUT2D eigenvalue weighted by molar-refractivity contribution is 0.674. The van der Waals surface area contributed by atoms with Gasteiger partial charge in [-0.05, 0) is 35.9 Å². The first-order valence-corrected chi connectivity index (χ1v) is 12.9. The molecule has 1 aliphatic rings. The third kappa shape index (κ3) is 3.96. The molecule has 1 N–H and O–H groups in total. The predicted octanol–water partition coefficient (Wildman–Crippen LogP) is 7.15. The van der Waals surface area contributed by atoms with Crippen molar-refractivity contribution >= 4 is 33.5 Å². The van der Waals surface area contributed by atoms with Gasteiger partial charge in [0.2, 0.25) is 0 Å². The molecule has 1 unspecified atom stereocenters. The summed E-state index contributed by atoms with van der Waals surface area (Å²) in [5.74, 6) is 1.43. The molecular weight excluding hydrogens is 478 g/mol. The number of fused-ring (bicyclic) bond motifs is 3. The molecule has 0 spiro atoms. The van der Waals surface area contributed by atoms with Gasteiger partial charge >= 0.3 is 0 Å². The monoisotopic (exact) mass is 501 g/mol. The Labute approximate surface area is 226 Å². The van der Waals surface area contributed by atoms with Crippen molar-refractivity contribution in [3.63, 3.8) is 0 Å². The van der Waals surface area contributed by atoms with Crippen LogP contribution >= 0.6 is 0 Å². The second-order valence-electron chi connectivity index (χ2n) is 9.45. The summed E-state index contributed by atoms with van der Waals surface area (Å²) < 4.78 is 2.22. The number of hydrogen-bond donors (Lipinski definition) is 1. The van der Waals surface area contributed by atoms with Crippen molar-refractivity contribution in [2.45, 2.75) is 6.17 Å². The predicted molar refractivity (Wildman–Crippen MR) is 157 cm³/mol. The van der Waals surface area contributed by atoms with E-state index >= 15 is 0 Å². The number of benzene rings is 5. The number of nitrogens with one attached hydrogen (secondary N) is 1. The van der Waals surface area contributed by atoms with Gasteiger partial charge in [-0.15, -0.1) is 0 Å². The molecule has 1 aliphatic heterocycles. The molecule has 0 fully saturated rings. The number of amidine groups is 2. The third-order valence-corrected chi connectivity index (χ3v) is 7.09. The molecule has 0 saturated carbocycles. The number of aliphatic imine (C=N–C) groups is 2. The molecule has 39 heavy (non-hydrogen) atoms. The molecule has 5 heteroatoms. The SMILES string of the molecule is N#Cc1ccc2c3ccccc3n(-c3ccccc3C3=NC(c4ccccc4)NC(c4ccccc4)=N3)c2c1. The van der Waals surface area contributed by atoms with Crippen LogP contribution in [0.1, 0.15) is 28.4 Å². The highest BCUT2D eigenvalue weighted by molar-refractivity contribution is 6.15. The van der Waals surface area contributed by atoms with E-state index in [0.717, 1.165) is 50.0 Å². The molecule has 0 bridgehead atoms. The van der Waals surface area contributed by atoms with Gasteiger partial charge in [0.15, 0.2) is 5.84 Å². The molecule has 0 amide bonds. The van der Waals surface area contributed by atoms with Crippen LogP contribution in [0.15, 0.2) is 137 Å². The molecule has 184 valence electrons. The summed E-state index contributed by atoms with van der Waals surface area (Å²) in [4.78, 5) is 10.2. The maximum Gasteiger partial charge on any atom is 0.161 e. The van der Waals surface area contributed by atoms with Crippen molar-refractivity contribution in [1.82, 2.24) is 9.88 Å². The zero-order valence-corrected chi connectivity index (χ0v) is 21.0. The van der Waals surface area contributed by atoms with E-state index < -0.39 is 0 Å². The lowest BCUT2D eigenvalue weighted by Gasteiger charge is -2.24. The highest BCUT2D eigenvalue weighted by Crippen LogP contribution is 2.34. The summed E-state index contributed by atoms with van der Waals surface area (Å²) in [7, 11) is 0. The summed E-state index contributed by atoms with van der Waals surface area (Å²) >= 11 is 0. The molecule has 2 heterocycles. The standard InChI is InChI=1S/C34H23N5/c35-22-23-19-20-27-26-15-7-9-17-29(26)39(31(27)21-23)30-18-10-8-16-28(30)34-37-32(24-11-3-1-4-12-24)36-33(38-34)25-13-5-2-6-14-25/h1-21,32H,(H,36,37,38). The van der Waals surface area contributed by atoms with Gasteiger partial charge in [0.05, 0.1) is 28.4 Å². The minimum Gasteiger partial charge on any atom is -0.344 e. The van der Waals surface area contributed by atoms with Crippen molar-refractivity contribution in [2.24, 2.45) is 9.98 Å². The number of aromatic nitrogens is 1. The van der Waals surface area contributed by atoms with Crippen LogP contribution < -0.4 is 5.32 Å². The first-order chi connectivity index (χ1) is 19.3. The first-order valence-electron chi connectivity index (χ1n) is 12.9. The van der Waals surface area contributed by atoms with E-state index in [4.69, 9.17) is 9.98 Å². The van der Waals surface area contributed by atoms with Crippen LogP contribution in [0.2, 0.25) is 0 Å². The summed E-state index contributed by atoms with van der Waals surface area (Å²) in [5.41, 5.74) is 6.60. The number of nitriles is 1. The van der Waals surface area contributed by atoms with Crippen LogP contribution in [0.5, 0.6) is 0 Å². The Morgan fingerprint density at radius 2 is 1.38 bits per heavy atom. The van der Waals surface area contributed by atoms with Gasteiger partial charge in [-0.25, -0.2) is 9.98 Å². The van der Waals surface area contributed by atoms with Crippen LogP contribution in [0.3, 0.4) is 0 Å². The van der Waals surface area contributed by atoms with Crippen LogP contribution in [-0.2, 0) is 0 Å². The number of rotatable bonds is 4. The second-order valence-corrected chi connectivity index (χ2v) is 9.45. The number of nitrogens with zero attached hydrogens (tertiary/aromatic N) is 4. The van der Waals surface area contributed by atoms with E-state index in [2.05, 4.69) is 64.5 Å². The molecular formula is C34H23N5. The largest absolute Gasteiger partial charge is 0.344 e. The Balaban J connectivity index is 1.48. The van der Waals surface area contributed by atoms with Gasteiger partial charge in [-0.1, -0.05) is 97.1 Å². The van der Waals surface area contributed by atoms with Crippen LogP contribution in [0.4, 0.5) is 0 Å². The Bertz CT molecular complexity index is 1940. The number of hydrogen-bond acceptors (Lipinski definition) is 4. The van der Waals surface area contributed by atoms with E-state index in [0.29, 0.717) is 11.4 Å². The highest BCUT2D eigenvalue weighted by Gasteiger charge is 2.23. The van der Waals surface area contributed by atoms with Crippen molar-refractivity contribution in [3.8, 4) is 11.8 Å². The fraction of sp³-hybridized carbons (Fsp3) is 0.0294.